The number of primary amides is 1. The molecule has 2 N–H and O–H groups in total. The second-order valence-corrected chi connectivity index (χ2v) is 4.50. The van der Waals surface area contributed by atoms with Gasteiger partial charge in [-0.2, -0.15) is 0 Å². The number of hydrogen-bond donors (Lipinski definition) is 1. The van der Waals surface area contributed by atoms with E-state index in [0.717, 1.165) is 11.0 Å². The minimum Gasteiger partial charge on any atom is -0.364 e. The molecule has 0 spiro atoms. The molecule has 5 nitrogen and oxygen atoms in total. The average molecular weight is 256 g/mol. The molecule has 2 heterocycles. The maximum absolute atomic E-state index is 11.0. The number of amides is 1. The second-order valence-electron chi connectivity index (χ2n) is 3.65. The standard InChI is InChI=1S/C12H8N4OS/c13-11(17)12-16-10(6-18-12)9-5-14-7-3-1-2-4-8(7)15-9/h1-6H,(H2,13,17). The molecule has 0 saturated carbocycles. The lowest BCUT2D eigenvalue weighted by Crippen LogP contribution is -2.10. The van der Waals surface area contributed by atoms with E-state index < -0.39 is 5.91 Å². The van der Waals surface area contributed by atoms with Crippen LogP contribution in [0.3, 0.4) is 0 Å². The lowest BCUT2D eigenvalue weighted by molar-refractivity contribution is 0.1000. The summed E-state index contributed by atoms with van der Waals surface area (Å²) in [5.41, 5.74) is 8.04. The van der Waals surface area contributed by atoms with E-state index >= 15 is 0 Å². The maximum Gasteiger partial charge on any atom is 0.277 e. The molecule has 1 amide bonds. The molecule has 0 aliphatic heterocycles. The Morgan fingerprint density at radius 2 is 1.89 bits per heavy atom. The number of aromatic nitrogens is 3. The zero-order chi connectivity index (χ0) is 12.5. The second kappa shape index (κ2) is 4.15. The molecule has 1 aromatic carbocycles. The van der Waals surface area contributed by atoms with Crippen molar-refractivity contribution in [1.29, 1.82) is 0 Å². The molecule has 0 atom stereocenters. The first-order valence-electron chi connectivity index (χ1n) is 5.21. The summed E-state index contributed by atoms with van der Waals surface area (Å²) in [7, 11) is 0. The monoisotopic (exact) mass is 256 g/mol. The lowest BCUT2D eigenvalue weighted by Gasteiger charge is -1.98. The molecular weight excluding hydrogens is 248 g/mol. The highest BCUT2D eigenvalue weighted by atomic mass is 32.1. The molecule has 0 unspecified atom stereocenters. The molecule has 3 aromatic rings. The molecule has 3 rings (SSSR count). The molecule has 88 valence electrons. The first-order chi connectivity index (χ1) is 8.74. The Morgan fingerprint density at radius 3 is 2.61 bits per heavy atom. The minimum atomic E-state index is -0.528. The minimum absolute atomic E-state index is 0.278. The van der Waals surface area contributed by atoms with Gasteiger partial charge in [-0.15, -0.1) is 11.3 Å². The Bertz CT molecular complexity index is 738. The highest BCUT2D eigenvalue weighted by molar-refractivity contribution is 7.12. The van der Waals surface area contributed by atoms with Crippen molar-refractivity contribution in [3.05, 3.63) is 40.8 Å². The van der Waals surface area contributed by atoms with Crippen LogP contribution in [0.1, 0.15) is 9.80 Å². The Labute approximate surface area is 106 Å². The normalized spacial score (nSPS) is 10.7. The number of carbonyl (C=O) groups is 1. The van der Waals surface area contributed by atoms with Crippen molar-refractivity contribution in [3.8, 4) is 11.4 Å². The van der Waals surface area contributed by atoms with Crippen LogP contribution in [0.5, 0.6) is 0 Å². The highest BCUT2D eigenvalue weighted by Gasteiger charge is 2.10. The van der Waals surface area contributed by atoms with Crippen LogP contribution in [0.4, 0.5) is 0 Å². The lowest BCUT2D eigenvalue weighted by atomic mass is 10.3. The number of rotatable bonds is 2. The molecule has 2 aromatic heterocycles. The number of fused-ring (bicyclic) bond motifs is 1. The molecule has 0 radical (unpaired) electrons. The quantitative estimate of drug-likeness (QED) is 0.758. The third-order valence-electron chi connectivity index (χ3n) is 2.43. The van der Waals surface area contributed by atoms with Gasteiger partial charge in [-0.1, -0.05) is 12.1 Å². The number of nitrogens with two attached hydrogens (primary N) is 1. The van der Waals surface area contributed by atoms with Crippen LogP contribution in [0, 0.1) is 0 Å². The predicted octanol–water partition coefficient (Wildman–Crippen LogP) is 1.85. The van der Waals surface area contributed by atoms with Gasteiger partial charge in [0.25, 0.3) is 5.91 Å². The van der Waals surface area contributed by atoms with Gasteiger partial charge in [-0.05, 0) is 12.1 Å². The molecule has 0 aliphatic rings. The molecule has 0 aliphatic carbocycles. The summed E-state index contributed by atoms with van der Waals surface area (Å²) in [5.74, 6) is -0.528. The van der Waals surface area contributed by atoms with Crippen molar-refractivity contribution in [2.45, 2.75) is 0 Å². The van der Waals surface area contributed by atoms with Gasteiger partial charge < -0.3 is 5.73 Å². The van der Waals surface area contributed by atoms with Crippen molar-refractivity contribution in [3.63, 3.8) is 0 Å². The summed E-state index contributed by atoms with van der Waals surface area (Å²) < 4.78 is 0. The molecule has 18 heavy (non-hydrogen) atoms. The van der Waals surface area contributed by atoms with Gasteiger partial charge in [-0.25, -0.2) is 9.97 Å². The van der Waals surface area contributed by atoms with Gasteiger partial charge in [0, 0.05) is 5.38 Å². The summed E-state index contributed by atoms with van der Waals surface area (Å²) >= 11 is 1.20. The zero-order valence-electron chi connectivity index (χ0n) is 9.20. The van der Waals surface area contributed by atoms with Crippen molar-refractivity contribution in [1.82, 2.24) is 15.0 Å². The fourth-order valence-electron chi connectivity index (χ4n) is 1.59. The Kier molecular flexibility index (Phi) is 2.49. The van der Waals surface area contributed by atoms with E-state index in [1.54, 1.807) is 11.6 Å². The number of thiazole rings is 1. The van der Waals surface area contributed by atoms with Gasteiger partial charge in [0.2, 0.25) is 0 Å². The predicted molar refractivity (Wildman–Crippen MR) is 69.2 cm³/mol. The van der Waals surface area contributed by atoms with Gasteiger partial charge in [0.1, 0.15) is 11.4 Å². The van der Waals surface area contributed by atoms with E-state index in [-0.39, 0.29) is 5.01 Å². The molecule has 0 saturated heterocycles. The fourth-order valence-corrected chi connectivity index (χ4v) is 2.25. The van der Waals surface area contributed by atoms with Crippen LogP contribution >= 0.6 is 11.3 Å². The number of hydrogen-bond acceptors (Lipinski definition) is 5. The summed E-state index contributed by atoms with van der Waals surface area (Å²) in [5, 5.41) is 2.03. The third kappa shape index (κ3) is 1.82. The molecule has 6 heteroatoms. The van der Waals surface area contributed by atoms with Crippen molar-refractivity contribution >= 4 is 28.3 Å². The van der Waals surface area contributed by atoms with Crippen LogP contribution in [0.2, 0.25) is 0 Å². The summed E-state index contributed by atoms with van der Waals surface area (Å²) in [4.78, 5) is 23.9. The number of para-hydroxylation sites is 2. The zero-order valence-corrected chi connectivity index (χ0v) is 10.0. The Morgan fingerprint density at radius 1 is 1.11 bits per heavy atom. The summed E-state index contributed by atoms with van der Waals surface area (Å²) in [6.07, 6.45) is 1.64. The Balaban J connectivity index is 2.10. The third-order valence-corrected chi connectivity index (χ3v) is 3.28. The van der Waals surface area contributed by atoms with Crippen LogP contribution in [-0.2, 0) is 0 Å². The smallest absolute Gasteiger partial charge is 0.277 e. The van der Waals surface area contributed by atoms with Gasteiger partial charge in [0.05, 0.1) is 17.2 Å². The fraction of sp³-hybridized carbons (Fsp3) is 0. The molecule has 0 fully saturated rings. The van der Waals surface area contributed by atoms with E-state index in [1.165, 1.54) is 11.3 Å². The molecule has 0 bridgehead atoms. The topological polar surface area (TPSA) is 81.8 Å². The van der Waals surface area contributed by atoms with E-state index in [4.69, 9.17) is 5.73 Å². The summed E-state index contributed by atoms with van der Waals surface area (Å²) in [6.45, 7) is 0. The van der Waals surface area contributed by atoms with Crippen LogP contribution in [-0.4, -0.2) is 20.9 Å². The van der Waals surface area contributed by atoms with Crippen LogP contribution < -0.4 is 5.73 Å². The number of benzene rings is 1. The van der Waals surface area contributed by atoms with Gasteiger partial charge in [0.15, 0.2) is 5.01 Å². The molecular formula is C12H8N4OS. The van der Waals surface area contributed by atoms with Crippen molar-refractivity contribution in [2.75, 3.05) is 0 Å². The number of carbonyl (C=O) groups excluding carboxylic acids is 1. The van der Waals surface area contributed by atoms with Crippen LogP contribution in [0.15, 0.2) is 35.8 Å². The maximum atomic E-state index is 11.0. The average Bonchev–Trinajstić information content (AvgIpc) is 2.88. The largest absolute Gasteiger partial charge is 0.364 e. The van der Waals surface area contributed by atoms with E-state index in [1.807, 2.05) is 24.3 Å². The SMILES string of the molecule is NC(=O)c1nc(-c2cnc3ccccc3n2)cs1. The van der Waals surface area contributed by atoms with Gasteiger partial charge in [-0.3, -0.25) is 9.78 Å². The highest BCUT2D eigenvalue weighted by Crippen LogP contribution is 2.21. The van der Waals surface area contributed by atoms with Crippen molar-refractivity contribution < 1.29 is 4.79 Å². The van der Waals surface area contributed by atoms with E-state index in [2.05, 4.69) is 15.0 Å². The Hall–Kier alpha value is -2.34. The van der Waals surface area contributed by atoms with Gasteiger partial charge >= 0.3 is 0 Å². The van der Waals surface area contributed by atoms with E-state index in [0.29, 0.717) is 11.4 Å². The first-order valence-corrected chi connectivity index (χ1v) is 6.09. The van der Waals surface area contributed by atoms with E-state index in [9.17, 15) is 4.79 Å². The van der Waals surface area contributed by atoms with Crippen LogP contribution in [0.25, 0.3) is 22.4 Å². The first kappa shape index (κ1) is 10.8. The number of nitrogens with zero attached hydrogens (tertiary/aromatic N) is 3. The summed E-state index contributed by atoms with van der Waals surface area (Å²) in [6, 6.07) is 7.58. The van der Waals surface area contributed by atoms with Crippen molar-refractivity contribution in [2.24, 2.45) is 5.73 Å².